The molecule has 1 heterocycles. The van der Waals surface area contributed by atoms with Crippen molar-refractivity contribution in [3.63, 3.8) is 0 Å². The third kappa shape index (κ3) is 4.07. The van der Waals surface area contributed by atoms with Crippen molar-refractivity contribution in [3.8, 4) is 5.75 Å². The van der Waals surface area contributed by atoms with Gasteiger partial charge in [0.1, 0.15) is 5.75 Å². The molecule has 0 spiro atoms. The SMILES string of the molecule is COc1cc2sc(NC(=S)NC(=O)c3ccc(C)c(Cl)c3)nc2cc1Cl. The molecule has 1 aromatic heterocycles. The standard InChI is InChI=1S/C17H13Cl2N3O2S2/c1-8-3-4-9(5-10(8)18)15(23)21-16(25)22-17-20-12-6-11(19)13(24-2)7-14(12)26-17/h3-7H,1-2H3,(H2,20,21,22,23,25). The van der Waals surface area contributed by atoms with Gasteiger partial charge >= 0.3 is 0 Å². The highest BCUT2D eigenvalue weighted by atomic mass is 35.5. The van der Waals surface area contributed by atoms with Gasteiger partial charge < -0.3 is 10.1 Å². The number of thiocarbonyl (C=S) groups is 1. The lowest BCUT2D eigenvalue weighted by atomic mass is 10.1. The molecule has 2 aromatic carbocycles. The topological polar surface area (TPSA) is 63.2 Å². The fourth-order valence-corrected chi connectivity index (χ4v) is 3.73. The van der Waals surface area contributed by atoms with Crippen LogP contribution in [0.15, 0.2) is 30.3 Å². The van der Waals surface area contributed by atoms with E-state index in [-0.39, 0.29) is 11.0 Å². The molecule has 5 nitrogen and oxygen atoms in total. The summed E-state index contributed by atoms with van der Waals surface area (Å²) in [6.07, 6.45) is 0. The molecule has 0 bridgehead atoms. The highest BCUT2D eigenvalue weighted by molar-refractivity contribution is 7.80. The number of nitrogens with zero attached hydrogens (tertiary/aromatic N) is 1. The third-order valence-corrected chi connectivity index (χ3v) is 5.38. The lowest BCUT2D eigenvalue weighted by Crippen LogP contribution is -2.34. The number of carbonyl (C=O) groups excluding carboxylic acids is 1. The number of amides is 1. The molecule has 3 aromatic rings. The first-order valence-electron chi connectivity index (χ1n) is 7.40. The highest BCUT2D eigenvalue weighted by Gasteiger charge is 2.12. The van der Waals surface area contributed by atoms with Gasteiger partial charge in [0.25, 0.3) is 5.91 Å². The molecule has 0 saturated heterocycles. The van der Waals surface area contributed by atoms with Gasteiger partial charge in [0.2, 0.25) is 0 Å². The zero-order valence-corrected chi connectivity index (χ0v) is 16.9. The molecule has 3 rings (SSSR count). The van der Waals surface area contributed by atoms with Crippen LogP contribution in [-0.4, -0.2) is 23.1 Å². The van der Waals surface area contributed by atoms with Crippen molar-refractivity contribution in [2.75, 3.05) is 12.4 Å². The van der Waals surface area contributed by atoms with E-state index in [1.807, 2.05) is 6.92 Å². The van der Waals surface area contributed by atoms with Crippen molar-refractivity contribution in [2.24, 2.45) is 0 Å². The molecule has 0 radical (unpaired) electrons. The number of rotatable bonds is 3. The molecular weight excluding hydrogens is 413 g/mol. The average Bonchev–Trinajstić information content (AvgIpc) is 2.96. The Morgan fingerprint density at radius 1 is 1.23 bits per heavy atom. The van der Waals surface area contributed by atoms with Crippen LogP contribution in [0.2, 0.25) is 10.0 Å². The van der Waals surface area contributed by atoms with Gasteiger partial charge in [-0.2, -0.15) is 0 Å². The summed E-state index contributed by atoms with van der Waals surface area (Å²) in [4.78, 5) is 16.7. The van der Waals surface area contributed by atoms with E-state index in [1.54, 1.807) is 37.4 Å². The first-order valence-corrected chi connectivity index (χ1v) is 9.38. The summed E-state index contributed by atoms with van der Waals surface area (Å²) in [6.45, 7) is 1.87. The smallest absolute Gasteiger partial charge is 0.257 e. The number of fused-ring (bicyclic) bond motifs is 1. The number of aryl methyl sites for hydroxylation is 1. The fraction of sp³-hybridized carbons (Fsp3) is 0.118. The van der Waals surface area contributed by atoms with Crippen molar-refractivity contribution in [1.82, 2.24) is 10.3 Å². The first kappa shape index (κ1) is 18.8. The molecule has 0 fully saturated rings. The fourth-order valence-electron chi connectivity index (χ4n) is 2.18. The molecule has 0 saturated carbocycles. The number of carbonyl (C=O) groups is 1. The van der Waals surface area contributed by atoms with Gasteiger partial charge in [0, 0.05) is 16.7 Å². The van der Waals surface area contributed by atoms with Crippen molar-refractivity contribution < 1.29 is 9.53 Å². The average molecular weight is 426 g/mol. The summed E-state index contributed by atoms with van der Waals surface area (Å²) < 4.78 is 6.08. The van der Waals surface area contributed by atoms with E-state index < -0.39 is 0 Å². The third-order valence-electron chi connectivity index (χ3n) is 3.54. The molecule has 2 N–H and O–H groups in total. The van der Waals surface area contributed by atoms with Crippen LogP contribution in [0, 0.1) is 6.92 Å². The Bertz CT molecular complexity index is 1020. The molecule has 9 heteroatoms. The minimum atomic E-state index is -0.352. The quantitative estimate of drug-likeness (QED) is 0.574. The summed E-state index contributed by atoms with van der Waals surface area (Å²) >= 11 is 18.7. The van der Waals surface area contributed by atoms with E-state index in [0.29, 0.717) is 32.0 Å². The number of benzene rings is 2. The van der Waals surface area contributed by atoms with E-state index >= 15 is 0 Å². The predicted molar refractivity (Wildman–Crippen MR) is 111 cm³/mol. The lowest BCUT2D eigenvalue weighted by Gasteiger charge is -2.08. The monoisotopic (exact) mass is 425 g/mol. The molecule has 1 amide bonds. The Morgan fingerprint density at radius 3 is 2.69 bits per heavy atom. The molecule has 0 unspecified atom stereocenters. The minimum Gasteiger partial charge on any atom is -0.495 e. The molecule has 0 aliphatic rings. The van der Waals surface area contributed by atoms with E-state index in [9.17, 15) is 4.79 Å². The van der Waals surface area contributed by atoms with Crippen molar-refractivity contribution in [2.45, 2.75) is 6.92 Å². The van der Waals surface area contributed by atoms with Crippen LogP contribution in [-0.2, 0) is 0 Å². The summed E-state index contributed by atoms with van der Waals surface area (Å²) in [5, 5.41) is 7.19. The molecule has 0 aliphatic heterocycles. The van der Waals surface area contributed by atoms with E-state index in [0.717, 1.165) is 10.3 Å². The zero-order chi connectivity index (χ0) is 18.8. The normalized spacial score (nSPS) is 10.6. The maximum absolute atomic E-state index is 12.3. The van der Waals surface area contributed by atoms with Gasteiger partial charge in [-0.1, -0.05) is 40.6 Å². The number of ether oxygens (including phenoxy) is 1. The van der Waals surface area contributed by atoms with E-state index in [1.165, 1.54) is 11.3 Å². The van der Waals surface area contributed by atoms with Crippen LogP contribution < -0.4 is 15.4 Å². The van der Waals surface area contributed by atoms with Gasteiger partial charge in [-0.05, 0) is 42.9 Å². The maximum Gasteiger partial charge on any atom is 0.257 e. The number of aromatic nitrogens is 1. The number of anilines is 1. The first-order chi connectivity index (χ1) is 12.4. The van der Waals surface area contributed by atoms with E-state index in [2.05, 4.69) is 15.6 Å². The van der Waals surface area contributed by atoms with Gasteiger partial charge in [-0.15, -0.1) is 0 Å². The van der Waals surface area contributed by atoms with Crippen LogP contribution in [0.4, 0.5) is 5.13 Å². The number of methoxy groups -OCH3 is 1. The Hall–Kier alpha value is -1.93. The van der Waals surface area contributed by atoms with Crippen molar-refractivity contribution in [3.05, 3.63) is 51.5 Å². The maximum atomic E-state index is 12.3. The van der Waals surface area contributed by atoms with Gasteiger partial charge in [0.05, 0.1) is 22.3 Å². The van der Waals surface area contributed by atoms with Crippen LogP contribution in [0.1, 0.15) is 15.9 Å². The number of thiazole rings is 1. The second-order valence-electron chi connectivity index (χ2n) is 5.35. The van der Waals surface area contributed by atoms with Crippen LogP contribution >= 0.6 is 46.8 Å². The number of hydrogen-bond donors (Lipinski definition) is 2. The second-order valence-corrected chi connectivity index (χ2v) is 7.60. The largest absolute Gasteiger partial charge is 0.495 e. The Balaban J connectivity index is 1.72. The molecule has 0 aliphatic carbocycles. The summed E-state index contributed by atoms with van der Waals surface area (Å²) in [7, 11) is 1.55. The van der Waals surface area contributed by atoms with Gasteiger partial charge in [-0.25, -0.2) is 4.98 Å². The van der Waals surface area contributed by atoms with Crippen LogP contribution in [0.3, 0.4) is 0 Å². The second kappa shape index (κ2) is 7.75. The minimum absolute atomic E-state index is 0.142. The van der Waals surface area contributed by atoms with Crippen molar-refractivity contribution in [1.29, 1.82) is 0 Å². The Labute approximate surface area is 169 Å². The molecular formula is C17H13Cl2N3O2S2. The number of hydrogen-bond acceptors (Lipinski definition) is 5. The highest BCUT2D eigenvalue weighted by Crippen LogP contribution is 2.34. The molecule has 134 valence electrons. The van der Waals surface area contributed by atoms with Crippen molar-refractivity contribution >= 4 is 73.1 Å². The number of halogens is 2. The summed E-state index contributed by atoms with van der Waals surface area (Å²) in [5.74, 6) is 0.219. The Morgan fingerprint density at radius 2 is 2.00 bits per heavy atom. The van der Waals surface area contributed by atoms with Gasteiger partial charge in [0.15, 0.2) is 10.2 Å². The summed E-state index contributed by atoms with van der Waals surface area (Å²) in [6, 6.07) is 8.58. The van der Waals surface area contributed by atoms with E-state index in [4.69, 9.17) is 40.2 Å². The van der Waals surface area contributed by atoms with Gasteiger partial charge in [-0.3, -0.25) is 10.1 Å². The predicted octanol–water partition coefficient (Wildman–Crippen LogP) is 5.05. The number of nitrogens with one attached hydrogen (secondary N) is 2. The Kier molecular flexibility index (Phi) is 5.62. The zero-order valence-electron chi connectivity index (χ0n) is 13.7. The molecule has 26 heavy (non-hydrogen) atoms. The summed E-state index contributed by atoms with van der Waals surface area (Å²) in [5.41, 5.74) is 2.03. The lowest BCUT2D eigenvalue weighted by molar-refractivity contribution is 0.0977. The van der Waals surface area contributed by atoms with Crippen LogP contribution in [0.25, 0.3) is 10.2 Å². The molecule has 0 atom stereocenters. The van der Waals surface area contributed by atoms with Crippen LogP contribution in [0.5, 0.6) is 5.75 Å².